The highest BCUT2D eigenvalue weighted by atomic mass is 14.9. The van der Waals surface area contributed by atoms with E-state index in [1.165, 1.54) is 28.7 Å². The lowest BCUT2D eigenvalue weighted by atomic mass is 9.89. The highest BCUT2D eigenvalue weighted by Gasteiger charge is 2.20. The summed E-state index contributed by atoms with van der Waals surface area (Å²) in [6.07, 6.45) is 2.38. The SMILES string of the molecule is Cc1ccc(C(N)CC2CCNC2)c(C)c1C. The van der Waals surface area contributed by atoms with Crippen LogP contribution in [0.4, 0.5) is 0 Å². The Morgan fingerprint density at radius 3 is 2.71 bits per heavy atom. The van der Waals surface area contributed by atoms with E-state index in [-0.39, 0.29) is 6.04 Å². The fourth-order valence-corrected chi connectivity index (χ4v) is 2.78. The quantitative estimate of drug-likeness (QED) is 0.840. The molecule has 1 aliphatic heterocycles. The molecular weight excluding hydrogens is 208 g/mol. The third-order valence-corrected chi connectivity index (χ3v) is 4.25. The van der Waals surface area contributed by atoms with Crippen LogP contribution in [-0.4, -0.2) is 13.1 Å². The average molecular weight is 232 g/mol. The van der Waals surface area contributed by atoms with Crippen molar-refractivity contribution in [2.24, 2.45) is 11.7 Å². The number of rotatable bonds is 3. The van der Waals surface area contributed by atoms with Gasteiger partial charge in [-0.15, -0.1) is 0 Å². The number of nitrogens with one attached hydrogen (secondary N) is 1. The summed E-state index contributed by atoms with van der Waals surface area (Å²) in [5.41, 5.74) is 11.8. The Hall–Kier alpha value is -0.860. The Morgan fingerprint density at radius 1 is 1.29 bits per heavy atom. The molecule has 1 saturated heterocycles. The normalized spacial score (nSPS) is 21.8. The van der Waals surface area contributed by atoms with Crippen LogP contribution in [0, 0.1) is 26.7 Å². The van der Waals surface area contributed by atoms with Gasteiger partial charge in [-0.1, -0.05) is 12.1 Å². The standard InChI is InChI=1S/C15H24N2/c1-10-4-5-14(12(3)11(10)2)15(16)8-13-6-7-17-9-13/h4-5,13,15,17H,6-9,16H2,1-3H3. The first-order valence-corrected chi connectivity index (χ1v) is 6.62. The minimum atomic E-state index is 0.194. The summed E-state index contributed by atoms with van der Waals surface area (Å²) in [6.45, 7) is 8.85. The minimum Gasteiger partial charge on any atom is -0.324 e. The lowest BCUT2D eigenvalue weighted by Gasteiger charge is -2.20. The Balaban J connectivity index is 2.13. The maximum Gasteiger partial charge on any atom is 0.0300 e. The number of benzene rings is 1. The summed E-state index contributed by atoms with van der Waals surface area (Å²) in [7, 11) is 0. The molecule has 2 rings (SSSR count). The summed E-state index contributed by atoms with van der Waals surface area (Å²) < 4.78 is 0. The fourth-order valence-electron chi connectivity index (χ4n) is 2.78. The van der Waals surface area contributed by atoms with Crippen molar-refractivity contribution in [3.05, 3.63) is 34.4 Å². The molecule has 1 heterocycles. The monoisotopic (exact) mass is 232 g/mol. The zero-order chi connectivity index (χ0) is 12.4. The van der Waals surface area contributed by atoms with Gasteiger partial charge in [0.2, 0.25) is 0 Å². The number of aryl methyl sites for hydroxylation is 1. The second-order valence-corrected chi connectivity index (χ2v) is 5.42. The highest BCUT2D eigenvalue weighted by Crippen LogP contribution is 2.27. The fraction of sp³-hybridized carbons (Fsp3) is 0.600. The molecule has 2 heteroatoms. The predicted octanol–water partition coefficient (Wildman–Crippen LogP) is 2.61. The van der Waals surface area contributed by atoms with Crippen LogP contribution in [0.5, 0.6) is 0 Å². The summed E-state index contributed by atoms with van der Waals surface area (Å²) >= 11 is 0. The van der Waals surface area contributed by atoms with Crippen LogP contribution in [0.25, 0.3) is 0 Å². The second kappa shape index (κ2) is 5.19. The Kier molecular flexibility index (Phi) is 3.85. The van der Waals surface area contributed by atoms with Crippen molar-refractivity contribution in [3.8, 4) is 0 Å². The average Bonchev–Trinajstić information content (AvgIpc) is 2.78. The van der Waals surface area contributed by atoms with Gasteiger partial charge in [-0.25, -0.2) is 0 Å². The molecule has 3 N–H and O–H groups in total. The molecule has 0 amide bonds. The van der Waals surface area contributed by atoms with Crippen LogP contribution in [-0.2, 0) is 0 Å². The molecule has 94 valence electrons. The third-order valence-electron chi connectivity index (χ3n) is 4.25. The molecule has 0 saturated carbocycles. The van der Waals surface area contributed by atoms with Gasteiger partial charge < -0.3 is 11.1 Å². The van der Waals surface area contributed by atoms with Crippen molar-refractivity contribution >= 4 is 0 Å². The van der Waals surface area contributed by atoms with Crippen LogP contribution in [0.2, 0.25) is 0 Å². The molecule has 2 nitrogen and oxygen atoms in total. The Bertz CT molecular complexity index is 392. The predicted molar refractivity (Wildman–Crippen MR) is 73.2 cm³/mol. The van der Waals surface area contributed by atoms with E-state index in [4.69, 9.17) is 5.73 Å². The number of hydrogen-bond acceptors (Lipinski definition) is 2. The molecule has 0 bridgehead atoms. The van der Waals surface area contributed by atoms with Gasteiger partial charge in [0.15, 0.2) is 0 Å². The van der Waals surface area contributed by atoms with Gasteiger partial charge in [0.1, 0.15) is 0 Å². The molecule has 0 radical (unpaired) electrons. The lowest BCUT2D eigenvalue weighted by molar-refractivity contribution is 0.471. The van der Waals surface area contributed by atoms with Crippen molar-refractivity contribution in [1.82, 2.24) is 5.32 Å². The van der Waals surface area contributed by atoms with E-state index in [1.807, 2.05) is 0 Å². The van der Waals surface area contributed by atoms with Gasteiger partial charge in [0, 0.05) is 6.04 Å². The first kappa shape index (κ1) is 12.6. The van der Waals surface area contributed by atoms with Gasteiger partial charge in [0.05, 0.1) is 0 Å². The van der Waals surface area contributed by atoms with Crippen molar-refractivity contribution in [3.63, 3.8) is 0 Å². The van der Waals surface area contributed by atoms with E-state index in [9.17, 15) is 0 Å². The second-order valence-electron chi connectivity index (χ2n) is 5.42. The van der Waals surface area contributed by atoms with Gasteiger partial charge in [-0.3, -0.25) is 0 Å². The molecule has 1 aromatic rings. The van der Waals surface area contributed by atoms with Crippen molar-refractivity contribution < 1.29 is 0 Å². The van der Waals surface area contributed by atoms with Crippen molar-refractivity contribution in [2.75, 3.05) is 13.1 Å². The largest absolute Gasteiger partial charge is 0.324 e. The zero-order valence-electron chi connectivity index (χ0n) is 11.2. The van der Waals surface area contributed by atoms with E-state index < -0.39 is 0 Å². The van der Waals surface area contributed by atoms with Crippen molar-refractivity contribution in [2.45, 2.75) is 39.7 Å². The van der Waals surface area contributed by atoms with E-state index in [1.54, 1.807) is 0 Å². The van der Waals surface area contributed by atoms with Crippen LogP contribution in [0.15, 0.2) is 12.1 Å². The summed E-state index contributed by atoms with van der Waals surface area (Å²) in [5.74, 6) is 0.756. The van der Waals surface area contributed by atoms with E-state index in [0.29, 0.717) is 0 Å². The summed E-state index contributed by atoms with van der Waals surface area (Å²) in [4.78, 5) is 0. The molecule has 2 unspecified atom stereocenters. The van der Waals surface area contributed by atoms with Gasteiger partial charge in [-0.2, -0.15) is 0 Å². The molecular formula is C15H24N2. The van der Waals surface area contributed by atoms with Crippen LogP contribution < -0.4 is 11.1 Å². The summed E-state index contributed by atoms with van der Waals surface area (Å²) in [5, 5.41) is 3.41. The molecule has 1 fully saturated rings. The number of hydrogen-bond donors (Lipinski definition) is 2. The van der Waals surface area contributed by atoms with Crippen LogP contribution >= 0.6 is 0 Å². The highest BCUT2D eigenvalue weighted by molar-refractivity contribution is 5.40. The molecule has 17 heavy (non-hydrogen) atoms. The van der Waals surface area contributed by atoms with Crippen molar-refractivity contribution in [1.29, 1.82) is 0 Å². The maximum absolute atomic E-state index is 6.37. The molecule has 0 aromatic heterocycles. The van der Waals surface area contributed by atoms with E-state index in [2.05, 4.69) is 38.2 Å². The topological polar surface area (TPSA) is 38.0 Å². The van der Waals surface area contributed by atoms with Crippen LogP contribution in [0.3, 0.4) is 0 Å². The molecule has 0 aliphatic carbocycles. The van der Waals surface area contributed by atoms with Gasteiger partial charge in [0.25, 0.3) is 0 Å². The maximum atomic E-state index is 6.37. The van der Waals surface area contributed by atoms with Gasteiger partial charge >= 0.3 is 0 Å². The van der Waals surface area contributed by atoms with E-state index in [0.717, 1.165) is 25.4 Å². The third kappa shape index (κ3) is 2.70. The molecule has 1 aliphatic rings. The smallest absolute Gasteiger partial charge is 0.0300 e. The Labute approximate surface area is 105 Å². The minimum absolute atomic E-state index is 0.194. The van der Waals surface area contributed by atoms with E-state index >= 15 is 0 Å². The molecule has 2 atom stereocenters. The first-order valence-electron chi connectivity index (χ1n) is 6.62. The first-order chi connectivity index (χ1) is 8.09. The summed E-state index contributed by atoms with van der Waals surface area (Å²) in [6, 6.07) is 4.61. The molecule has 0 spiro atoms. The van der Waals surface area contributed by atoms with Gasteiger partial charge in [-0.05, 0) is 74.9 Å². The Morgan fingerprint density at radius 2 is 2.06 bits per heavy atom. The lowest BCUT2D eigenvalue weighted by Crippen LogP contribution is -2.18. The molecule has 1 aromatic carbocycles. The van der Waals surface area contributed by atoms with Crippen LogP contribution in [0.1, 0.15) is 41.1 Å². The zero-order valence-corrected chi connectivity index (χ0v) is 11.2. The number of nitrogens with two attached hydrogens (primary N) is 1.